The Balaban J connectivity index is 0.00000162. The van der Waals surface area contributed by atoms with Crippen molar-refractivity contribution in [2.24, 2.45) is 15.7 Å². The number of aliphatic imine (C=N–C) groups is 2. The highest BCUT2D eigenvalue weighted by Gasteiger charge is 2.21. The van der Waals surface area contributed by atoms with Crippen LogP contribution in [0.25, 0.3) is 0 Å². The van der Waals surface area contributed by atoms with Gasteiger partial charge in [0.25, 0.3) is 0 Å². The molecule has 1 aromatic carbocycles. The van der Waals surface area contributed by atoms with Gasteiger partial charge in [0.05, 0.1) is 0 Å². The molecule has 0 atom stereocenters. The van der Waals surface area contributed by atoms with E-state index in [1.807, 2.05) is 38.1 Å². The Hall–Kier alpha value is -1.08. The summed E-state index contributed by atoms with van der Waals surface area (Å²) < 4.78 is 1.03. The van der Waals surface area contributed by atoms with E-state index in [1.165, 1.54) is 0 Å². The zero-order valence-corrected chi connectivity index (χ0v) is 13.2. The summed E-state index contributed by atoms with van der Waals surface area (Å²) in [6.45, 7) is 3.79. The van der Waals surface area contributed by atoms with E-state index >= 15 is 0 Å². The highest BCUT2D eigenvalue weighted by molar-refractivity contribution is 9.10. The van der Waals surface area contributed by atoms with Gasteiger partial charge >= 0.3 is 0 Å². The third kappa shape index (κ3) is 3.99. The van der Waals surface area contributed by atoms with Crippen LogP contribution < -0.4 is 33.3 Å². The normalized spacial score (nSPS) is 16.8. The molecule has 4 N–H and O–H groups in total. The number of anilines is 1. The molecule has 1 aliphatic rings. The number of nitrogens with two attached hydrogens (primary N) is 1. The monoisotopic (exact) mass is 374 g/mol. The number of rotatable bonds is 1. The SMILES string of the molecule is CC1(C)N=C(N)NC(Nc2ccc(Br)cc2)=N1.[Br-]. The summed E-state index contributed by atoms with van der Waals surface area (Å²) in [7, 11) is 0. The largest absolute Gasteiger partial charge is 1.00 e. The van der Waals surface area contributed by atoms with Crippen molar-refractivity contribution in [1.82, 2.24) is 5.32 Å². The van der Waals surface area contributed by atoms with Gasteiger partial charge in [0.1, 0.15) is 0 Å². The molecule has 0 bridgehead atoms. The number of nitrogens with zero attached hydrogens (tertiary/aromatic N) is 2. The van der Waals surface area contributed by atoms with Crippen LogP contribution in [0.2, 0.25) is 0 Å². The summed E-state index contributed by atoms with van der Waals surface area (Å²) in [4.78, 5) is 8.57. The molecule has 1 aromatic rings. The molecule has 0 aromatic heterocycles. The first kappa shape index (κ1) is 15.0. The van der Waals surface area contributed by atoms with Crippen LogP contribution in [-0.2, 0) is 0 Å². The number of nitrogens with one attached hydrogen (secondary N) is 2. The molecule has 0 saturated carbocycles. The van der Waals surface area contributed by atoms with E-state index in [2.05, 4.69) is 36.5 Å². The fourth-order valence-corrected chi connectivity index (χ4v) is 1.76. The lowest BCUT2D eigenvalue weighted by Gasteiger charge is -2.24. The van der Waals surface area contributed by atoms with Gasteiger partial charge in [0.2, 0.25) is 5.96 Å². The maximum Gasteiger partial charge on any atom is 0.205 e. The van der Waals surface area contributed by atoms with Gasteiger partial charge in [-0.25, -0.2) is 9.98 Å². The first-order chi connectivity index (χ1) is 7.94. The van der Waals surface area contributed by atoms with Crippen molar-refractivity contribution in [2.45, 2.75) is 19.5 Å². The smallest absolute Gasteiger partial charge is 0.205 e. The van der Waals surface area contributed by atoms with E-state index in [9.17, 15) is 0 Å². The van der Waals surface area contributed by atoms with Crippen molar-refractivity contribution >= 4 is 33.5 Å². The first-order valence-corrected chi connectivity index (χ1v) is 5.99. The molecular weight excluding hydrogens is 362 g/mol. The molecule has 7 heteroatoms. The number of hydrogen-bond donors (Lipinski definition) is 3. The summed E-state index contributed by atoms with van der Waals surface area (Å²) in [5, 5.41) is 6.04. The van der Waals surface area contributed by atoms with Crippen LogP contribution in [0.4, 0.5) is 5.69 Å². The third-order valence-electron chi connectivity index (χ3n) is 2.13. The van der Waals surface area contributed by atoms with E-state index in [-0.39, 0.29) is 17.0 Å². The lowest BCUT2D eigenvalue weighted by molar-refractivity contribution is -0.00000443. The van der Waals surface area contributed by atoms with Crippen molar-refractivity contribution in [3.63, 3.8) is 0 Å². The Morgan fingerprint density at radius 3 is 2.39 bits per heavy atom. The number of guanidine groups is 2. The highest BCUT2D eigenvalue weighted by atomic mass is 79.9. The van der Waals surface area contributed by atoms with Gasteiger partial charge in [-0.1, -0.05) is 15.9 Å². The fourth-order valence-electron chi connectivity index (χ4n) is 1.50. The molecule has 0 amide bonds. The second-order valence-electron chi connectivity index (χ2n) is 4.21. The molecular formula is C11H14Br2N5-. The molecule has 98 valence electrons. The molecule has 0 unspecified atom stereocenters. The lowest BCUT2D eigenvalue weighted by Crippen LogP contribution is -3.00. The van der Waals surface area contributed by atoms with Gasteiger partial charge in [-0.2, -0.15) is 0 Å². The minimum absolute atomic E-state index is 0. The molecule has 1 aliphatic heterocycles. The standard InChI is InChI=1S/C11H14BrN5.BrH/c1-11(2)16-9(13)15-10(17-11)14-8-5-3-7(12)4-6-8;/h3-6H,1-2H3,(H4,13,14,15,16,17);1H/p-1. The van der Waals surface area contributed by atoms with Gasteiger partial charge in [-0.3, -0.25) is 5.32 Å². The molecule has 18 heavy (non-hydrogen) atoms. The van der Waals surface area contributed by atoms with E-state index < -0.39 is 5.66 Å². The van der Waals surface area contributed by atoms with Crippen molar-refractivity contribution in [3.05, 3.63) is 28.7 Å². The minimum Gasteiger partial charge on any atom is -1.00 e. The Morgan fingerprint density at radius 1 is 1.22 bits per heavy atom. The summed E-state index contributed by atoms with van der Waals surface area (Å²) in [6.07, 6.45) is 0. The number of halogens is 2. The van der Waals surface area contributed by atoms with E-state index in [4.69, 9.17) is 5.73 Å². The molecule has 0 fully saturated rings. The molecule has 0 radical (unpaired) electrons. The molecule has 0 aliphatic carbocycles. The van der Waals surface area contributed by atoms with Crippen molar-refractivity contribution in [2.75, 3.05) is 5.32 Å². The molecule has 2 rings (SSSR count). The topological polar surface area (TPSA) is 74.8 Å². The average Bonchev–Trinajstić information content (AvgIpc) is 2.18. The van der Waals surface area contributed by atoms with E-state index in [0.29, 0.717) is 11.9 Å². The second-order valence-corrected chi connectivity index (χ2v) is 5.12. The van der Waals surface area contributed by atoms with Crippen LogP contribution >= 0.6 is 15.9 Å². The van der Waals surface area contributed by atoms with Gasteiger partial charge in [0, 0.05) is 10.2 Å². The Bertz CT molecular complexity index is 479. The third-order valence-corrected chi connectivity index (χ3v) is 2.66. The van der Waals surface area contributed by atoms with Gasteiger partial charge in [0.15, 0.2) is 11.6 Å². The van der Waals surface area contributed by atoms with Gasteiger partial charge in [-0.05, 0) is 38.1 Å². The van der Waals surface area contributed by atoms with E-state index in [0.717, 1.165) is 10.2 Å². The van der Waals surface area contributed by atoms with Crippen LogP contribution in [0.5, 0.6) is 0 Å². The van der Waals surface area contributed by atoms with Crippen LogP contribution in [-0.4, -0.2) is 17.6 Å². The van der Waals surface area contributed by atoms with Crippen LogP contribution in [0.3, 0.4) is 0 Å². The zero-order valence-electron chi connectivity index (χ0n) is 10.0. The summed E-state index contributed by atoms with van der Waals surface area (Å²) in [6, 6.07) is 7.80. The van der Waals surface area contributed by atoms with Gasteiger partial charge < -0.3 is 28.0 Å². The minimum atomic E-state index is -0.535. The Kier molecular flexibility index (Phi) is 4.75. The summed E-state index contributed by atoms with van der Waals surface area (Å²) >= 11 is 3.39. The number of benzene rings is 1. The lowest BCUT2D eigenvalue weighted by atomic mass is 10.2. The molecule has 5 nitrogen and oxygen atoms in total. The summed E-state index contributed by atoms with van der Waals surface area (Å²) in [5.41, 5.74) is 6.09. The van der Waals surface area contributed by atoms with Crippen LogP contribution in [0.1, 0.15) is 13.8 Å². The molecule has 0 saturated heterocycles. The molecule has 1 heterocycles. The average molecular weight is 376 g/mol. The van der Waals surface area contributed by atoms with Gasteiger partial charge in [-0.15, -0.1) is 0 Å². The van der Waals surface area contributed by atoms with Crippen LogP contribution in [0.15, 0.2) is 38.7 Å². The van der Waals surface area contributed by atoms with Crippen molar-refractivity contribution in [3.8, 4) is 0 Å². The van der Waals surface area contributed by atoms with Crippen LogP contribution in [0, 0.1) is 0 Å². The number of hydrogen-bond acceptors (Lipinski definition) is 5. The fraction of sp³-hybridized carbons (Fsp3) is 0.273. The predicted molar refractivity (Wildman–Crippen MR) is 74.0 cm³/mol. The quantitative estimate of drug-likeness (QED) is 0.581. The molecule has 0 spiro atoms. The maximum atomic E-state index is 5.69. The Labute approximate surface area is 125 Å². The first-order valence-electron chi connectivity index (χ1n) is 5.19. The zero-order chi connectivity index (χ0) is 12.5. The maximum absolute atomic E-state index is 5.69. The van der Waals surface area contributed by atoms with Crippen molar-refractivity contribution in [1.29, 1.82) is 0 Å². The van der Waals surface area contributed by atoms with E-state index in [1.54, 1.807) is 0 Å². The second kappa shape index (κ2) is 5.71. The Morgan fingerprint density at radius 2 is 1.83 bits per heavy atom. The highest BCUT2D eigenvalue weighted by Crippen LogP contribution is 2.16. The van der Waals surface area contributed by atoms with Crippen molar-refractivity contribution < 1.29 is 17.0 Å². The predicted octanol–water partition coefficient (Wildman–Crippen LogP) is -1.12. The summed E-state index contributed by atoms with van der Waals surface area (Å²) in [5.74, 6) is 0.967.